The van der Waals surface area contributed by atoms with E-state index in [4.69, 9.17) is 9.47 Å². The Labute approximate surface area is 221 Å². The Morgan fingerprint density at radius 1 is 0.816 bits per heavy atom. The van der Waals surface area contributed by atoms with Gasteiger partial charge in [0.25, 0.3) is 0 Å². The lowest BCUT2D eigenvalue weighted by Crippen LogP contribution is -2.28. The molecule has 10 heteroatoms. The molecule has 2 aromatic heterocycles. The number of ether oxygens (including phenoxy) is 2. The Balaban J connectivity index is 0.000000168. The molecule has 0 radical (unpaired) electrons. The molecule has 4 aromatic rings. The fourth-order valence-electron chi connectivity index (χ4n) is 5.52. The Morgan fingerprint density at radius 2 is 1.45 bits per heavy atom. The smallest absolute Gasteiger partial charge is 0.326 e. The summed E-state index contributed by atoms with van der Waals surface area (Å²) in [5.74, 6) is 0. The number of nitrogens with one attached hydrogen (secondary N) is 3. The van der Waals surface area contributed by atoms with Gasteiger partial charge in [0, 0.05) is 32.8 Å². The quantitative estimate of drug-likeness (QED) is 0.292. The molecule has 6 rings (SSSR count). The van der Waals surface area contributed by atoms with Gasteiger partial charge in [0.15, 0.2) is 0 Å². The van der Waals surface area contributed by atoms with Gasteiger partial charge < -0.3 is 24.8 Å². The van der Waals surface area contributed by atoms with Crippen molar-refractivity contribution < 1.29 is 9.47 Å². The summed E-state index contributed by atoms with van der Waals surface area (Å²) in [5, 5.41) is 3.28. The van der Waals surface area contributed by atoms with E-state index in [1.807, 2.05) is 64.6 Å². The Bertz CT molecular complexity index is 1430. The summed E-state index contributed by atoms with van der Waals surface area (Å²) < 4.78 is 14.6. The Hall–Kier alpha value is -3.18. The number of nitrogens with zero attached hydrogens (tertiary/aromatic N) is 3. The first kappa shape index (κ1) is 26.4. The molecule has 4 heterocycles. The van der Waals surface area contributed by atoms with E-state index in [-0.39, 0.29) is 17.4 Å². The van der Waals surface area contributed by atoms with E-state index in [0.29, 0.717) is 25.9 Å². The van der Waals surface area contributed by atoms with Gasteiger partial charge in [-0.25, -0.2) is 9.59 Å². The van der Waals surface area contributed by atoms with Gasteiger partial charge in [-0.15, -0.1) is 0 Å². The summed E-state index contributed by atoms with van der Waals surface area (Å²) >= 11 is 0. The third-order valence-corrected chi connectivity index (χ3v) is 7.39. The number of likely N-dealkylation sites (tertiary alicyclic amines) is 1. The van der Waals surface area contributed by atoms with Crippen molar-refractivity contribution >= 4 is 22.1 Å². The fourth-order valence-corrected chi connectivity index (χ4v) is 5.52. The molecule has 0 amide bonds. The second kappa shape index (κ2) is 12.6. The molecule has 38 heavy (non-hydrogen) atoms. The lowest BCUT2D eigenvalue weighted by Gasteiger charge is -2.16. The van der Waals surface area contributed by atoms with Crippen LogP contribution in [0.4, 0.5) is 0 Å². The minimum atomic E-state index is -0.00832. The minimum absolute atomic E-state index is 0.00454. The molecule has 2 aliphatic rings. The summed E-state index contributed by atoms with van der Waals surface area (Å²) in [6, 6.07) is 16.3. The summed E-state index contributed by atoms with van der Waals surface area (Å²) in [6.45, 7) is 9.42. The lowest BCUT2D eigenvalue weighted by atomic mass is 10.2. The summed E-state index contributed by atoms with van der Waals surface area (Å²) in [6.07, 6.45) is 2.03. The van der Waals surface area contributed by atoms with Crippen molar-refractivity contribution in [3.8, 4) is 0 Å². The van der Waals surface area contributed by atoms with Crippen molar-refractivity contribution in [1.29, 1.82) is 0 Å². The average Bonchev–Trinajstić information content (AvgIpc) is 3.71. The fraction of sp³-hybridized carbons (Fsp3) is 0.500. The van der Waals surface area contributed by atoms with Gasteiger partial charge in [0.1, 0.15) is 0 Å². The number of fused-ring (bicyclic) bond motifs is 2. The zero-order chi connectivity index (χ0) is 26.3. The van der Waals surface area contributed by atoms with Crippen LogP contribution in [-0.2, 0) is 9.47 Å². The van der Waals surface area contributed by atoms with Crippen LogP contribution in [0.5, 0.6) is 0 Å². The molecule has 204 valence electrons. The predicted octanol–water partition coefficient (Wildman–Crippen LogP) is 2.49. The maximum absolute atomic E-state index is 12.2. The predicted molar refractivity (Wildman–Crippen MR) is 149 cm³/mol. The number of aromatic nitrogens is 4. The first-order valence-electron chi connectivity index (χ1n) is 13.6. The maximum Gasteiger partial charge on any atom is 0.326 e. The Kier molecular flexibility index (Phi) is 8.75. The SMILES string of the molecule is CCOCCOCCN1CCC(n2c(=O)[nH]c3ccccc32)C1.O=c1[nH]c2ccccc2n1C1CCNC1. The topological polar surface area (TPSA) is 109 Å². The van der Waals surface area contributed by atoms with E-state index in [9.17, 15) is 9.59 Å². The number of para-hydroxylation sites is 4. The molecular weight excluding hydrogens is 484 g/mol. The molecule has 2 aromatic carbocycles. The van der Waals surface area contributed by atoms with E-state index >= 15 is 0 Å². The zero-order valence-electron chi connectivity index (χ0n) is 22.0. The molecule has 0 bridgehead atoms. The van der Waals surface area contributed by atoms with Crippen LogP contribution in [-0.4, -0.2) is 83.2 Å². The first-order chi connectivity index (χ1) is 18.7. The maximum atomic E-state index is 12.2. The first-order valence-corrected chi connectivity index (χ1v) is 13.6. The van der Waals surface area contributed by atoms with E-state index in [1.54, 1.807) is 0 Å². The number of imidazole rings is 2. The van der Waals surface area contributed by atoms with Crippen LogP contribution in [0, 0.1) is 0 Å². The van der Waals surface area contributed by atoms with Crippen molar-refractivity contribution in [2.75, 3.05) is 59.2 Å². The normalized spacial score (nSPS) is 19.8. The van der Waals surface area contributed by atoms with Crippen LogP contribution >= 0.6 is 0 Å². The van der Waals surface area contributed by atoms with E-state index < -0.39 is 0 Å². The van der Waals surface area contributed by atoms with E-state index in [2.05, 4.69) is 20.2 Å². The zero-order valence-corrected chi connectivity index (χ0v) is 22.0. The molecule has 2 atom stereocenters. The third kappa shape index (κ3) is 5.94. The van der Waals surface area contributed by atoms with Gasteiger partial charge in [-0.2, -0.15) is 0 Å². The van der Waals surface area contributed by atoms with Crippen molar-refractivity contribution in [2.45, 2.75) is 31.8 Å². The number of aromatic amines is 2. The van der Waals surface area contributed by atoms with Crippen LogP contribution in [0.2, 0.25) is 0 Å². The summed E-state index contributed by atoms with van der Waals surface area (Å²) in [7, 11) is 0. The number of H-pyrrole nitrogens is 2. The molecule has 0 aliphatic carbocycles. The van der Waals surface area contributed by atoms with E-state index in [1.165, 1.54) is 0 Å². The van der Waals surface area contributed by atoms with Crippen molar-refractivity contribution in [2.24, 2.45) is 0 Å². The molecule has 3 N–H and O–H groups in total. The van der Waals surface area contributed by atoms with Gasteiger partial charge in [-0.1, -0.05) is 24.3 Å². The molecular formula is C28H38N6O4. The van der Waals surface area contributed by atoms with Gasteiger partial charge in [0.2, 0.25) is 0 Å². The largest absolute Gasteiger partial charge is 0.379 e. The highest BCUT2D eigenvalue weighted by Gasteiger charge is 2.26. The molecule has 0 saturated carbocycles. The van der Waals surface area contributed by atoms with E-state index in [0.717, 1.165) is 74.2 Å². The summed E-state index contributed by atoms with van der Waals surface area (Å²) in [4.78, 5) is 32.2. The monoisotopic (exact) mass is 522 g/mol. The van der Waals surface area contributed by atoms with Crippen molar-refractivity contribution in [3.63, 3.8) is 0 Å². The van der Waals surface area contributed by atoms with Crippen LogP contribution in [0.3, 0.4) is 0 Å². The highest BCUT2D eigenvalue weighted by molar-refractivity contribution is 5.75. The van der Waals surface area contributed by atoms with Crippen LogP contribution < -0.4 is 16.7 Å². The Morgan fingerprint density at radius 3 is 2.08 bits per heavy atom. The highest BCUT2D eigenvalue weighted by Crippen LogP contribution is 2.23. The molecule has 0 spiro atoms. The van der Waals surface area contributed by atoms with Crippen molar-refractivity contribution in [1.82, 2.24) is 29.3 Å². The van der Waals surface area contributed by atoms with Gasteiger partial charge in [0.05, 0.1) is 54.0 Å². The number of rotatable bonds is 9. The van der Waals surface area contributed by atoms with Crippen molar-refractivity contribution in [3.05, 3.63) is 69.5 Å². The second-order valence-electron chi connectivity index (χ2n) is 9.83. The highest BCUT2D eigenvalue weighted by atomic mass is 16.5. The van der Waals surface area contributed by atoms with Crippen LogP contribution in [0.15, 0.2) is 58.1 Å². The third-order valence-electron chi connectivity index (χ3n) is 7.39. The number of hydrogen-bond acceptors (Lipinski definition) is 6. The number of hydrogen-bond donors (Lipinski definition) is 3. The molecule has 2 fully saturated rings. The standard InChI is InChI=1S/C17H25N3O3.C11H13N3O/c1-2-22-11-12-23-10-9-19-8-7-14(13-19)20-16-6-4-3-5-15(16)18-17(20)21;15-11-13-9-3-1-2-4-10(9)14(11)8-5-6-12-7-8/h3-6,14H,2,7-13H2,1H3,(H,18,21);1-4,8,12H,5-7H2,(H,13,15). The molecule has 2 unspecified atom stereocenters. The van der Waals surface area contributed by atoms with Crippen LogP contribution in [0.25, 0.3) is 22.1 Å². The summed E-state index contributed by atoms with van der Waals surface area (Å²) in [5.41, 5.74) is 3.84. The molecule has 2 saturated heterocycles. The minimum Gasteiger partial charge on any atom is -0.379 e. The van der Waals surface area contributed by atoms with Gasteiger partial charge in [-0.05, 0) is 50.6 Å². The average molecular weight is 523 g/mol. The second-order valence-corrected chi connectivity index (χ2v) is 9.83. The van der Waals surface area contributed by atoms with Crippen LogP contribution in [0.1, 0.15) is 31.8 Å². The molecule has 2 aliphatic heterocycles. The van der Waals surface area contributed by atoms with Gasteiger partial charge in [-0.3, -0.25) is 14.0 Å². The molecule has 10 nitrogen and oxygen atoms in total. The lowest BCUT2D eigenvalue weighted by molar-refractivity contribution is 0.0449. The van der Waals surface area contributed by atoms with Gasteiger partial charge >= 0.3 is 11.4 Å². The number of benzene rings is 2.